The van der Waals surface area contributed by atoms with E-state index in [0.717, 1.165) is 0 Å². The highest BCUT2D eigenvalue weighted by Gasteiger charge is 2.55. The molecule has 17 heavy (non-hydrogen) atoms. The first-order valence-electron chi connectivity index (χ1n) is 5.59. The summed E-state index contributed by atoms with van der Waals surface area (Å²) in [5.74, 6) is 1.33. The Morgan fingerprint density at radius 1 is 1.53 bits per heavy atom. The first kappa shape index (κ1) is 13.3. The predicted octanol–water partition coefficient (Wildman–Crippen LogP) is 0.726. The standard InChI is InChI=1S/C11H19O5P/c1-8-9-10(14-2)11(16-8,4-6-15-9)5-7-17(3,12)13/h5,7-10,12-13H,3-4,6H2,1-2H3/b7-5+/t8-,9?,10+,11+/m0/s1. The molecule has 2 heterocycles. The van der Waals surface area contributed by atoms with Gasteiger partial charge in [0.05, 0.1) is 12.7 Å². The summed E-state index contributed by atoms with van der Waals surface area (Å²) >= 11 is 0. The van der Waals surface area contributed by atoms with Crippen LogP contribution in [0.1, 0.15) is 13.3 Å². The number of hydrogen-bond donors (Lipinski definition) is 2. The van der Waals surface area contributed by atoms with Crippen LogP contribution >= 0.6 is 7.34 Å². The molecular formula is C11H19O5P. The Morgan fingerprint density at radius 2 is 2.24 bits per heavy atom. The minimum atomic E-state index is -3.18. The summed E-state index contributed by atoms with van der Waals surface area (Å²) in [4.78, 5) is 18.7. The highest BCUT2D eigenvalue weighted by Crippen LogP contribution is 2.45. The Labute approximate surface area is 101 Å². The van der Waals surface area contributed by atoms with E-state index >= 15 is 0 Å². The molecule has 0 aromatic heterocycles. The molecule has 0 radical (unpaired) electrons. The maximum atomic E-state index is 9.34. The Morgan fingerprint density at radius 3 is 2.82 bits per heavy atom. The molecule has 2 N–H and O–H groups in total. The molecule has 2 saturated heterocycles. The van der Waals surface area contributed by atoms with Crippen molar-refractivity contribution in [3.63, 3.8) is 0 Å². The van der Waals surface area contributed by atoms with Gasteiger partial charge in [-0.25, -0.2) is 0 Å². The van der Waals surface area contributed by atoms with Crippen molar-refractivity contribution in [1.29, 1.82) is 0 Å². The van der Waals surface area contributed by atoms with Crippen LogP contribution in [0.2, 0.25) is 0 Å². The normalized spacial score (nSPS) is 42.2. The molecule has 0 aliphatic carbocycles. The summed E-state index contributed by atoms with van der Waals surface area (Å²) in [6.07, 6.45) is 5.25. The second-order valence-corrected chi connectivity index (χ2v) is 6.49. The zero-order valence-corrected chi connectivity index (χ0v) is 11.0. The highest BCUT2D eigenvalue weighted by molar-refractivity contribution is 7.65. The molecule has 2 aliphatic rings. The Hall–Kier alpha value is -0.160. The van der Waals surface area contributed by atoms with E-state index in [0.29, 0.717) is 13.0 Å². The van der Waals surface area contributed by atoms with Crippen LogP contribution in [0, 0.1) is 0 Å². The summed E-state index contributed by atoms with van der Waals surface area (Å²) in [5, 5.41) is 0. The van der Waals surface area contributed by atoms with Gasteiger partial charge in [0.15, 0.2) is 0 Å². The van der Waals surface area contributed by atoms with E-state index in [1.807, 2.05) is 6.92 Å². The number of ether oxygens (including phenoxy) is 3. The quantitative estimate of drug-likeness (QED) is 0.734. The molecule has 4 atom stereocenters. The lowest BCUT2D eigenvalue weighted by atomic mass is 9.89. The van der Waals surface area contributed by atoms with Crippen molar-refractivity contribution < 1.29 is 24.0 Å². The summed E-state index contributed by atoms with van der Waals surface area (Å²) in [5.41, 5.74) is -0.620. The monoisotopic (exact) mass is 262 g/mol. The molecule has 2 aliphatic heterocycles. The van der Waals surface area contributed by atoms with Gasteiger partial charge in [0, 0.05) is 13.5 Å². The van der Waals surface area contributed by atoms with Crippen molar-refractivity contribution >= 4 is 13.6 Å². The van der Waals surface area contributed by atoms with Crippen molar-refractivity contribution in [2.45, 2.75) is 37.3 Å². The fourth-order valence-electron chi connectivity index (χ4n) is 2.58. The molecule has 2 fully saturated rings. The van der Waals surface area contributed by atoms with Crippen LogP contribution in [0.4, 0.5) is 0 Å². The Kier molecular flexibility index (Phi) is 3.51. The Balaban J connectivity index is 2.28. The second kappa shape index (κ2) is 4.50. The van der Waals surface area contributed by atoms with E-state index in [1.54, 1.807) is 13.2 Å². The van der Waals surface area contributed by atoms with Crippen LogP contribution in [0.5, 0.6) is 0 Å². The molecule has 0 amide bonds. The van der Waals surface area contributed by atoms with E-state index in [-0.39, 0.29) is 18.3 Å². The molecule has 0 aromatic carbocycles. The van der Waals surface area contributed by atoms with Gasteiger partial charge < -0.3 is 24.0 Å². The van der Waals surface area contributed by atoms with Gasteiger partial charge in [0.25, 0.3) is 0 Å². The third-order valence-corrected chi connectivity index (χ3v) is 3.93. The van der Waals surface area contributed by atoms with Crippen molar-refractivity contribution in [2.24, 2.45) is 0 Å². The van der Waals surface area contributed by atoms with E-state index in [2.05, 4.69) is 6.30 Å². The van der Waals surface area contributed by atoms with Crippen molar-refractivity contribution in [1.82, 2.24) is 0 Å². The number of fused-ring (bicyclic) bond motifs is 2. The summed E-state index contributed by atoms with van der Waals surface area (Å²) < 4.78 is 17.0. The van der Waals surface area contributed by atoms with E-state index in [9.17, 15) is 9.79 Å². The second-order valence-electron chi connectivity index (χ2n) is 4.62. The first-order valence-corrected chi connectivity index (χ1v) is 7.54. The molecule has 0 spiro atoms. The van der Waals surface area contributed by atoms with E-state index in [1.165, 1.54) is 5.82 Å². The fourth-order valence-corrected chi connectivity index (χ4v) is 3.07. The molecule has 1 unspecified atom stereocenters. The third-order valence-electron chi connectivity index (χ3n) is 3.30. The zero-order chi connectivity index (χ0) is 12.7. The number of rotatable bonds is 3. The van der Waals surface area contributed by atoms with Gasteiger partial charge in [-0.05, 0) is 25.1 Å². The van der Waals surface area contributed by atoms with Crippen LogP contribution in [-0.2, 0) is 14.2 Å². The van der Waals surface area contributed by atoms with Gasteiger partial charge in [-0.1, -0.05) is 0 Å². The van der Waals surface area contributed by atoms with Gasteiger partial charge in [0.1, 0.15) is 25.1 Å². The average molecular weight is 262 g/mol. The topological polar surface area (TPSA) is 68.2 Å². The minimum absolute atomic E-state index is 0.0676. The maximum Gasteiger partial charge on any atom is 0.134 e. The lowest BCUT2D eigenvalue weighted by Crippen LogP contribution is -2.48. The first-order chi connectivity index (χ1) is 7.88. The molecule has 98 valence electrons. The van der Waals surface area contributed by atoms with Gasteiger partial charge in [-0.3, -0.25) is 0 Å². The number of hydrogen-bond acceptors (Lipinski definition) is 5. The van der Waals surface area contributed by atoms with Crippen LogP contribution in [0.25, 0.3) is 0 Å². The summed E-state index contributed by atoms with van der Waals surface area (Å²) in [7, 11) is -1.57. The third kappa shape index (κ3) is 2.50. The van der Waals surface area contributed by atoms with Crippen LogP contribution in [0.3, 0.4) is 0 Å². The predicted molar refractivity (Wildman–Crippen MR) is 66.1 cm³/mol. The summed E-state index contributed by atoms with van der Waals surface area (Å²) in [6.45, 7) is 2.51. The molecule has 5 nitrogen and oxygen atoms in total. The van der Waals surface area contributed by atoms with Crippen LogP contribution in [0.15, 0.2) is 11.9 Å². The minimum Gasteiger partial charge on any atom is -0.375 e. The smallest absolute Gasteiger partial charge is 0.134 e. The maximum absolute atomic E-state index is 9.34. The molecule has 6 heteroatoms. The van der Waals surface area contributed by atoms with Gasteiger partial charge in [0.2, 0.25) is 0 Å². The van der Waals surface area contributed by atoms with Crippen molar-refractivity contribution in [3.05, 3.63) is 11.9 Å². The van der Waals surface area contributed by atoms with Crippen molar-refractivity contribution in [2.75, 3.05) is 13.7 Å². The van der Waals surface area contributed by atoms with Crippen molar-refractivity contribution in [3.8, 4) is 0 Å². The number of methoxy groups -OCH3 is 1. The SMILES string of the molecule is C=P(O)(O)/C=C/[C@@]12CCOC([C@H](C)O1)[C@H]2OC. The average Bonchev–Trinajstić information content (AvgIpc) is 2.38. The van der Waals surface area contributed by atoms with Gasteiger partial charge in [-0.2, -0.15) is 0 Å². The fraction of sp³-hybridized carbons (Fsp3) is 0.727. The molecule has 2 bridgehead atoms. The molecular weight excluding hydrogens is 243 g/mol. The molecule has 0 aromatic rings. The largest absolute Gasteiger partial charge is 0.375 e. The lowest BCUT2D eigenvalue weighted by molar-refractivity contribution is -0.110. The van der Waals surface area contributed by atoms with Crippen LogP contribution < -0.4 is 0 Å². The van der Waals surface area contributed by atoms with Gasteiger partial charge in [-0.15, -0.1) is 0 Å². The molecule has 0 saturated carbocycles. The molecule has 2 rings (SSSR count). The Bertz CT molecular complexity index is 363. The summed E-state index contributed by atoms with van der Waals surface area (Å²) in [6, 6.07) is 0. The highest BCUT2D eigenvalue weighted by atomic mass is 31.2. The van der Waals surface area contributed by atoms with E-state index in [4.69, 9.17) is 14.2 Å². The lowest BCUT2D eigenvalue weighted by Gasteiger charge is -2.36. The van der Waals surface area contributed by atoms with Crippen LogP contribution in [-0.4, -0.2) is 53.7 Å². The van der Waals surface area contributed by atoms with Gasteiger partial charge >= 0.3 is 0 Å². The zero-order valence-electron chi connectivity index (χ0n) is 10.1. The van der Waals surface area contributed by atoms with E-state index < -0.39 is 12.9 Å².